The summed E-state index contributed by atoms with van der Waals surface area (Å²) in [6, 6.07) is 4.72. The number of fused-ring (bicyclic) bond motifs is 1. The van der Waals surface area contributed by atoms with E-state index in [9.17, 15) is 4.79 Å². The second-order valence-electron chi connectivity index (χ2n) is 4.96. The molecule has 1 aliphatic heterocycles. The van der Waals surface area contributed by atoms with E-state index in [0.717, 1.165) is 0 Å². The first kappa shape index (κ1) is 15.8. The van der Waals surface area contributed by atoms with Gasteiger partial charge in [0.15, 0.2) is 0 Å². The van der Waals surface area contributed by atoms with Gasteiger partial charge < -0.3 is 10.1 Å². The lowest BCUT2D eigenvalue weighted by Gasteiger charge is -2.28. The number of esters is 1. The first-order chi connectivity index (χ1) is 11.0. The Balaban J connectivity index is 2.21. The van der Waals surface area contributed by atoms with Crippen molar-refractivity contribution in [3.63, 3.8) is 0 Å². The lowest BCUT2D eigenvalue weighted by atomic mass is 9.95. The van der Waals surface area contributed by atoms with Crippen molar-refractivity contribution in [1.82, 2.24) is 14.8 Å². The van der Waals surface area contributed by atoms with E-state index in [2.05, 4.69) is 15.4 Å². The maximum atomic E-state index is 12.5. The fourth-order valence-electron chi connectivity index (χ4n) is 2.58. The van der Waals surface area contributed by atoms with Crippen LogP contribution in [0, 0.1) is 0 Å². The molecule has 0 saturated carbocycles. The zero-order chi connectivity index (χ0) is 16.6. The van der Waals surface area contributed by atoms with Crippen molar-refractivity contribution in [2.24, 2.45) is 0 Å². The van der Waals surface area contributed by atoms with Crippen molar-refractivity contribution in [3.8, 4) is 0 Å². The molecule has 0 bridgehead atoms. The summed E-state index contributed by atoms with van der Waals surface area (Å²) in [7, 11) is 0. The Morgan fingerprint density at radius 3 is 2.96 bits per heavy atom. The van der Waals surface area contributed by atoms with Crippen LogP contribution in [0.15, 0.2) is 35.8 Å². The van der Waals surface area contributed by atoms with Crippen LogP contribution in [0.2, 0.25) is 10.0 Å². The van der Waals surface area contributed by atoms with E-state index in [1.807, 2.05) is 6.07 Å². The maximum absolute atomic E-state index is 12.5. The number of nitrogens with one attached hydrogen (secondary N) is 1. The number of ether oxygens (including phenoxy) is 1. The molecule has 0 saturated heterocycles. The van der Waals surface area contributed by atoms with Gasteiger partial charge in [-0.15, -0.1) is 0 Å². The first-order valence-corrected chi connectivity index (χ1v) is 7.78. The first-order valence-electron chi connectivity index (χ1n) is 7.03. The highest BCUT2D eigenvalue weighted by atomic mass is 35.5. The lowest BCUT2D eigenvalue weighted by Crippen LogP contribution is -2.29. The van der Waals surface area contributed by atoms with Crippen molar-refractivity contribution < 1.29 is 9.53 Å². The highest BCUT2D eigenvalue weighted by Crippen LogP contribution is 2.40. The number of hydrogen-bond donors (Lipinski definition) is 1. The molecule has 1 atom stereocenters. The van der Waals surface area contributed by atoms with Crippen LogP contribution < -0.4 is 5.32 Å². The van der Waals surface area contributed by atoms with Gasteiger partial charge >= 0.3 is 5.97 Å². The molecule has 1 unspecified atom stereocenters. The Kier molecular flexibility index (Phi) is 4.28. The summed E-state index contributed by atoms with van der Waals surface area (Å²) in [5, 5.41) is 8.05. The van der Waals surface area contributed by atoms with E-state index in [4.69, 9.17) is 27.9 Å². The molecule has 120 valence electrons. The van der Waals surface area contributed by atoms with Gasteiger partial charge in [-0.1, -0.05) is 35.3 Å². The van der Waals surface area contributed by atoms with Crippen molar-refractivity contribution in [1.29, 1.82) is 0 Å². The Labute approximate surface area is 143 Å². The fraction of sp³-hybridized carbons (Fsp3) is 0.267. The van der Waals surface area contributed by atoms with Gasteiger partial charge in [-0.3, -0.25) is 0 Å². The van der Waals surface area contributed by atoms with Gasteiger partial charge in [-0.05, 0) is 19.9 Å². The lowest BCUT2D eigenvalue weighted by molar-refractivity contribution is -0.139. The highest BCUT2D eigenvalue weighted by Gasteiger charge is 2.35. The number of benzene rings is 1. The topological polar surface area (TPSA) is 69.0 Å². The van der Waals surface area contributed by atoms with Gasteiger partial charge in [0, 0.05) is 11.3 Å². The zero-order valence-electron chi connectivity index (χ0n) is 12.5. The van der Waals surface area contributed by atoms with Crippen molar-refractivity contribution >= 4 is 35.1 Å². The quantitative estimate of drug-likeness (QED) is 0.856. The average Bonchev–Trinajstić information content (AvgIpc) is 2.97. The Bertz CT molecular complexity index is 801. The largest absolute Gasteiger partial charge is 0.463 e. The number of nitrogens with zero attached hydrogens (tertiary/aromatic N) is 3. The van der Waals surface area contributed by atoms with Crippen molar-refractivity contribution in [2.45, 2.75) is 19.9 Å². The minimum Gasteiger partial charge on any atom is -0.463 e. The molecular formula is C15H14Cl2N4O2. The minimum atomic E-state index is -0.556. The van der Waals surface area contributed by atoms with Crippen LogP contribution in [0.1, 0.15) is 25.5 Å². The van der Waals surface area contributed by atoms with Crippen LogP contribution in [0.5, 0.6) is 0 Å². The second kappa shape index (κ2) is 6.22. The molecule has 1 aliphatic rings. The fourth-order valence-corrected chi connectivity index (χ4v) is 2.99. The Morgan fingerprint density at radius 2 is 2.22 bits per heavy atom. The summed E-state index contributed by atoms with van der Waals surface area (Å²) >= 11 is 12.5. The summed E-state index contributed by atoms with van der Waals surface area (Å²) in [4.78, 5) is 16.6. The predicted molar refractivity (Wildman–Crippen MR) is 87.6 cm³/mol. The summed E-state index contributed by atoms with van der Waals surface area (Å²) in [5.41, 5.74) is 1.73. The number of anilines is 1. The molecule has 1 aromatic heterocycles. The number of carbonyl (C=O) groups is 1. The number of aromatic nitrogens is 3. The normalized spacial score (nSPS) is 16.8. The van der Waals surface area contributed by atoms with Crippen LogP contribution in [-0.4, -0.2) is 27.3 Å². The second-order valence-corrected chi connectivity index (χ2v) is 5.74. The maximum Gasteiger partial charge on any atom is 0.338 e. The highest BCUT2D eigenvalue weighted by molar-refractivity contribution is 6.42. The number of hydrogen-bond acceptors (Lipinski definition) is 5. The number of carbonyl (C=O) groups excluding carboxylic acids is 1. The van der Waals surface area contributed by atoms with E-state index in [1.54, 1.807) is 30.7 Å². The van der Waals surface area contributed by atoms with Crippen LogP contribution >= 0.6 is 23.2 Å². The van der Waals surface area contributed by atoms with Crippen LogP contribution in [0.4, 0.5) is 5.95 Å². The monoisotopic (exact) mass is 352 g/mol. The molecule has 0 fully saturated rings. The van der Waals surface area contributed by atoms with E-state index in [1.165, 1.54) is 6.33 Å². The van der Waals surface area contributed by atoms with Gasteiger partial charge in [-0.2, -0.15) is 10.1 Å². The third kappa shape index (κ3) is 2.68. The van der Waals surface area contributed by atoms with Crippen LogP contribution in [-0.2, 0) is 9.53 Å². The third-order valence-corrected chi connectivity index (χ3v) is 4.40. The molecule has 8 heteroatoms. The molecule has 2 heterocycles. The molecule has 0 radical (unpaired) electrons. The molecule has 0 aliphatic carbocycles. The van der Waals surface area contributed by atoms with E-state index in [-0.39, 0.29) is 6.61 Å². The van der Waals surface area contributed by atoms with Gasteiger partial charge in [0.25, 0.3) is 0 Å². The molecule has 0 spiro atoms. The zero-order valence-corrected chi connectivity index (χ0v) is 14.0. The summed E-state index contributed by atoms with van der Waals surface area (Å²) in [6.07, 6.45) is 1.41. The number of rotatable bonds is 3. The number of halogens is 2. The SMILES string of the molecule is CCOC(=O)C1=C(C)Nc2ncnn2C1c1cccc(Cl)c1Cl. The molecule has 1 aromatic carbocycles. The average molecular weight is 353 g/mol. The van der Waals surface area contributed by atoms with Gasteiger partial charge in [-0.25, -0.2) is 9.48 Å². The van der Waals surface area contributed by atoms with Crippen LogP contribution in [0.25, 0.3) is 0 Å². The third-order valence-electron chi connectivity index (χ3n) is 3.57. The predicted octanol–water partition coefficient (Wildman–Crippen LogP) is 3.44. The molecular weight excluding hydrogens is 339 g/mol. The van der Waals surface area contributed by atoms with Gasteiger partial charge in [0.05, 0.1) is 22.2 Å². The van der Waals surface area contributed by atoms with Crippen molar-refractivity contribution in [2.75, 3.05) is 11.9 Å². The van der Waals surface area contributed by atoms with Crippen LogP contribution in [0.3, 0.4) is 0 Å². The molecule has 1 N–H and O–H groups in total. The standard InChI is InChI=1S/C15H14Cl2N4O2/c1-3-23-14(22)11-8(2)20-15-18-7-19-21(15)13(11)9-5-4-6-10(16)12(9)17/h4-7,13H,3H2,1-2H3,(H,18,19,20). The van der Waals surface area contributed by atoms with Crippen molar-refractivity contribution in [3.05, 3.63) is 51.4 Å². The Morgan fingerprint density at radius 1 is 1.43 bits per heavy atom. The molecule has 3 rings (SSSR count). The Hall–Kier alpha value is -2.05. The number of allylic oxidation sites excluding steroid dienone is 1. The summed E-state index contributed by atoms with van der Waals surface area (Å²) < 4.78 is 6.78. The molecule has 0 amide bonds. The minimum absolute atomic E-state index is 0.274. The van der Waals surface area contributed by atoms with Gasteiger partial charge in [0.1, 0.15) is 12.4 Å². The van der Waals surface area contributed by atoms with E-state index < -0.39 is 12.0 Å². The van der Waals surface area contributed by atoms with E-state index in [0.29, 0.717) is 32.8 Å². The molecule has 6 nitrogen and oxygen atoms in total. The molecule has 2 aromatic rings. The molecule has 23 heavy (non-hydrogen) atoms. The van der Waals surface area contributed by atoms with E-state index >= 15 is 0 Å². The summed E-state index contributed by atoms with van der Waals surface area (Å²) in [5.74, 6) is 0.0938. The summed E-state index contributed by atoms with van der Waals surface area (Å²) in [6.45, 7) is 3.82. The smallest absolute Gasteiger partial charge is 0.338 e. The van der Waals surface area contributed by atoms with Gasteiger partial charge in [0.2, 0.25) is 5.95 Å².